The molecule has 1 fully saturated rings. The molecule has 4 heteroatoms. The minimum absolute atomic E-state index is 0.322. The standard InChI is InChI=1S/C17H25N3S/c1-4-17(12-18,20-15-6-7-15)8-5-9-21-16-11-13(2)10-14(3)19-16/h10-11,15,20H,4-9H2,1-3H3. The molecule has 1 heterocycles. The molecule has 3 nitrogen and oxygen atoms in total. The second-order valence-corrected chi connectivity index (χ2v) is 7.16. The summed E-state index contributed by atoms with van der Waals surface area (Å²) in [6.45, 7) is 6.25. The van der Waals surface area contributed by atoms with E-state index in [1.807, 2.05) is 6.92 Å². The Morgan fingerprint density at radius 1 is 1.43 bits per heavy atom. The third kappa shape index (κ3) is 5.01. The van der Waals surface area contributed by atoms with Crippen LogP contribution in [-0.2, 0) is 0 Å². The molecule has 1 unspecified atom stereocenters. The van der Waals surface area contributed by atoms with Crippen LogP contribution >= 0.6 is 11.8 Å². The summed E-state index contributed by atoms with van der Waals surface area (Å²) in [5.41, 5.74) is 2.02. The van der Waals surface area contributed by atoms with Gasteiger partial charge in [-0.15, -0.1) is 11.8 Å². The first kappa shape index (κ1) is 16.3. The molecule has 0 saturated heterocycles. The Morgan fingerprint density at radius 3 is 2.76 bits per heavy atom. The average molecular weight is 303 g/mol. The van der Waals surface area contributed by atoms with E-state index in [0.29, 0.717) is 6.04 Å². The highest BCUT2D eigenvalue weighted by Crippen LogP contribution is 2.28. The van der Waals surface area contributed by atoms with Gasteiger partial charge in [-0.05, 0) is 69.4 Å². The van der Waals surface area contributed by atoms with E-state index in [4.69, 9.17) is 0 Å². The van der Waals surface area contributed by atoms with Gasteiger partial charge in [0, 0.05) is 11.7 Å². The Hall–Kier alpha value is -1.05. The van der Waals surface area contributed by atoms with Crippen molar-refractivity contribution >= 4 is 11.8 Å². The summed E-state index contributed by atoms with van der Waals surface area (Å²) in [7, 11) is 0. The Bertz CT molecular complexity index is 499. The molecular formula is C17H25N3S. The minimum Gasteiger partial charge on any atom is -0.297 e. The normalized spacial score (nSPS) is 17.2. The van der Waals surface area contributed by atoms with Crippen LogP contribution in [0.15, 0.2) is 17.2 Å². The smallest absolute Gasteiger partial charge is 0.106 e. The third-order valence-corrected chi connectivity index (χ3v) is 4.95. The molecule has 0 aromatic carbocycles. The van der Waals surface area contributed by atoms with Gasteiger partial charge in [0.15, 0.2) is 0 Å². The average Bonchev–Trinajstić information content (AvgIpc) is 3.25. The largest absolute Gasteiger partial charge is 0.297 e. The summed E-state index contributed by atoms with van der Waals surface area (Å²) in [6.07, 6.45) is 5.30. The van der Waals surface area contributed by atoms with E-state index < -0.39 is 0 Å². The molecule has 2 rings (SSSR count). The molecule has 114 valence electrons. The topological polar surface area (TPSA) is 48.7 Å². The number of nitrogens with zero attached hydrogens (tertiary/aromatic N) is 2. The Labute approximate surface area is 132 Å². The van der Waals surface area contributed by atoms with Crippen molar-refractivity contribution in [3.63, 3.8) is 0 Å². The van der Waals surface area contributed by atoms with Gasteiger partial charge in [-0.1, -0.05) is 6.92 Å². The van der Waals surface area contributed by atoms with E-state index in [0.717, 1.165) is 35.7 Å². The van der Waals surface area contributed by atoms with Gasteiger partial charge in [-0.25, -0.2) is 4.98 Å². The lowest BCUT2D eigenvalue weighted by Gasteiger charge is -2.26. The number of pyridine rings is 1. The van der Waals surface area contributed by atoms with E-state index in [1.165, 1.54) is 18.4 Å². The number of rotatable bonds is 8. The number of aryl methyl sites for hydroxylation is 2. The fourth-order valence-electron chi connectivity index (χ4n) is 2.57. The second-order valence-electron chi connectivity index (χ2n) is 6.04. The monoisotopic (exact) mass is 303 g/mol. The maximum Gasteiger partial charge on any atom is 0.106 e. The summed E-state index contributed by atoms with van der Waals surface area (Å²) in [4.78, 5) is 4.55. The molecule has 1 aliphatic carbocycles. The molecule has 1 saturated carbocycles. The fourth-order valence-corrected chi connectivity index (χ4v) is 3.54. The number of aromatic nitrogens is 1. The zero-order valence-corrected chi connectivity index (χ0v) is 14.1. The first-order valence-electron chi connectivity index (χ1n) is 7.84. The van der Waals surface area contributed by atoms with Crippen molar-refractivity contribution in [2.75, 3.05) is 5.75 Å². The molecule has 21 heavy (non-hydrogen) atoms. The zero-order valence-electron chi connectivity index (χ0n) is 13.3. The molecule has 0 radical (unpaired) electrons. The number of nitrogens with one attached hydrogen (secondary N) is 1. The number of thioether (sulfide) groups is 1. The van der Waals surface area contributed by atoms with Crippen LogP contribution in [0.2, 0.25) is 0 Å². The molecule has 1 aromatic rings. The van der Waals surface area contributed by atoms with Crippen molar-refractivity contribution in [3.05, 3.63) is 23.4 Å². The summed E-state index contributed by atoms with van der Waals surface area (Å²) >= 11 is 1.80. The first-order valence-corrected chi connectivity index (χ1v) is 8.82. The van der Waals surface area contributed by atoms with Gasteiger partial charge in [-0.2, -0.15) is 5.26 Å². The predicted molar refractivity (Wildman–Crippen MR) is 88.5 cm³/mol. The summed E-state index contributed by atoms with van der Waals surface area (Å²) in [6, 6.07) is 7.33. The van der Waals surface area contributed by atoms with E-state index in [-0.39, 0.29) is 5.54 Å². The minimum atomic E-state index is -0.322. The summed E-state index contributed by atoms with van der Waals surface area (Å²) < 4.78 is 0. The zero-order chi connectivity index (χ0) is 15.3. The summed E-state index contributed by atoms with van der Waals surface area (Å²) in [5.74, 6) is 1.02. The van der Waals surface area contributed by atoms with Crippen molar-refractivity contribution in [3.8, 4) is 6.07 Å². The van der Waals surface area contributed by atoms with Crippen molar-refractivity contribution in [1.29, 1.82) is 5.26 Å². The van der Waals surface area contributed by atoms with E-state index >= 15 is 0 Å². The molecule has 0 bridgehead atoms. The van der Waals surface area contributed by atoms with Gasteiger partial charge in [0.2, 0.25) is 0 Å². The maximum absolute atomic E-state index is 9.51. The SMILES string of the molecule is CCC(C#N)(CCCSc1cc(C)cc(C)n1)NC1CC1. The van der Waals surface area contributed by atoms with Crippen molar-refractivity contribution < 1.29 is 0 Å². The van der Waals surface area contributed by atoms with Gasteiger partial charge in [0.1, 0.15) is 5.54 Å². The molecule has 1 N–H and O–H groups in total. The lowest BCUT2D eigenvalue weighted by Crippen LogP contribution is -2.44. The Kier molecular flexibility index (Phi) is 5.66. The lowest BCUT2D eigenvalue weighted by molar-refractivity contribution is 0.367. The molecule has 1 aromatic heterocycles. The van der Waals surface area contributed by atoms with Crippen LogP contribution in [-0.4, -0.2) is 22.3 Å². The fraction of sp³-hybridized carbons (Fsp3) is 0.647. The van der Waals surface area contributed by atoms with E-state index in [2.05, 4.69) is 42.4 Å². The van der Waals surface area contributed by atoms with Crippen molar-refractivity contribution in [2.24, 2.45) is 0 Å². The molecule has 0 spiro atoms. The van der Waals surface area contributed by atoms with Crippen LogP contribution in [0.3, 0.4) is 0 Å². The molecule has 1 aliphatic rings. The predicted octanol–water partition coefficient (Wildman–Crippen LogP) is 4.00. The van der Waals surface area contributed by atoms with Crippen molar-refractivity contribution in [1.82, 2.24) is 10.3 Å². The van der Waals surface area contributed by atoms with Crippen molar-refractivity contribution in [2.45, 2.75) is 69.5 Å². The number of hydrogen-bond donors (Lipinski definition) is 1. The van der Waals surface area contributed by atoms with Gasteiger partial charge < -0.3 is 0 Å². The summed E-state index contributed by atoms with van der Waals surface area (Å²) in [5, 5.41) is 14.1. The second kappa shape index (κ2) is 7.29. The highest BCUT2D eigenvalue weighted by atomic mass is 32.2. The van der Waals surface area contributed by atoms with Crippen LogP contribution in [0.4, 0.5) is 0 Å². The highest BCUT2D eigenvalue weighted by Gasteiger charge is 2.34. The Morgan fingerprint density at radius 2 is 2.19 bits per heavy atom. The quantitative estimate of drug-likeness (QED) is 0.582. The lowest BCUT2D eigenvalue weighted by atomic mass is 9.92. The van der Waals surface area contributed by atoms with Gasteiger partial charge in [0.05, 0.1) is 11.1 Å². The molecule has 0 aliphatic heterocycles. The van der Waals surface area contributed by atoms with Crippen LogP contribution in [0.5, 0.6) is 0 Å². The third-order valence-electron chi connectivity index (χ3n) is 3.95. The first-order chi connectivity index (χ1) is 10.1. The highest BCUT2D eigenvalue weighted by molar-refractivity contribution is 7.99. The van der Waals surface area contributed by atoms with Gasteiger partial charge >= 0.3 is 0 Å². The molecule has 1 atom stereocenters. The number of nitriles is 1. The van der Waals surface area contributed by atoms with Crippen LogP contribution in [0.1, 0.15) is 50.3 Å². The molecular weight excluding hydrogens is 278 g/mol. The maximum atomic E-state index is 9.51. The van der Waals surface area contributed by atoms with Crippen LogP contribution < -0.4 is 5.32 Å². The van der Waals surface area contributed by atoms with Gasteiger partial charge in [0.25, 0.3) is 0 Å². The van der Waals surface area contributed by atoms with Crippen LogP contribution in [0, 0.1) is 25.2 Å². The van der Waals surface area contributed by atoms with Gasteiger partial charge in [-0.3, -0.25) is 5.32 Å². The van der Waals surface area contributed by atoms with E-state index in [9.17, 15) is 5.26 Å². The van der Waals surface area contributed by atoms with E-state index in [1.54, 1.807) is 11.8 Å². The van der Waals surface area contributed by atoms with Crippen LogP contribution in [0.25, 0.3) is 0 Å². The number of hydrogen-bond acceptors (Lipinski definition) is 4. The Balaban J connectivity index is 1.80. The molecule has 0 amide bonds.